The summed E-state index contributed by atoms with van der Waals surface area (Å²) in [4.78, 5) is 12.5. The number of para-hydroxylation sites is 1. The number of halogens is 1. The second kappa shape index (κ2) is 7.57. The maximum absolute atomic E-state index is 12.5. The van der Waals surface area contributed by atoms with E-state index in [1.54, 1.807) is 0 Å². The van der Waals surface area contributed by atoms with Gasteiger partial charge in [0.05, 0.1) is 0 Å². The van der Waals surface area contributed by atoms with E-state index in [0.717, 1.165) is 33.3 Å². The average molecular weight is 400 g/mol. The molecule has 1 N–H and O–H groups in total. The predicted octanol–water partition coefficient (Wildman–Crippen LogP) is 3.61. The molecule has 0 bridgehead atoms. The Labute approximate surface area is 154 Å². The number of rotatable bonds is 5. The molecule has 128 valence electrons. The van der Waals surface area contributed by atoms with Crippen LogP contribution in [0.2, 0.25) is 0 Å². The fourth-order valence-electron chi connectivity index (χ4n) is 2.63. The molecule has 25 heavy (non-hydrogen) atoms. The molecule has 1 heterocycles. The number of amides is 1. The largest absolute Gasteiger partial charge is 0.324 e. The number of anilines is 1. The van der Waals surface area contributed by atoms with Gasteiger partial charge in [0.15, 0.2) is 5.82 Å². The lowest BCUT2D eigenvalue weighted by molar-refractivity contribution is -0.116. The molecule has 0 saturated carbocycles. The average Bonchev–Trinajstić information content (AvgIpc) is 3.05. The Kier molecular flexibility index (Phi) is 5.23. The number of hydrogen-bond donors (Lipinski definition) is 1. The van der Waals surface area contributed by atoms with Gasteiger partial charge in [-0.1, -0.05) is 53.2 Å². The number of nitrogens with one attached hydrogen (secondary N) is 1. The van der Waals surface area contributed by atoms with Crippen LogP contribution in [0.15, 0.2) is 46.9 Å². The molecular weight excluding hydrogens is 382 g/mol. The van der Waals surface area contributed by atoms with E-state index >= 15 is 0 Å². The number of carbonyl (C=O) groups excluding carboxylic acids is 1. The van der Waals surface area contributed by atoms with Gasteiger partial charge in [-0.2, -0.15) is 0 Å². The molecule has 0 fully saturated rings. The standard InChI is InChI=1S/C18H18BrN5O/c1-3-13-6-4-5-12(2)17(13)20-16(25)11-24-18(21-22-23-24)14-7-9-15(19)10-8-14/h4-10H,3,11H2,1-2H3,(H,20,25). The zero-order chi connectivity index (χ0) is 17.8. The molecule has 2 aromatic carbocycles. The van der Waals surface area contributed by atoms with E-state index in [-0.39, 0.29) is 12.5 Å². The number of hydrogen-bond acceptors (Lipinski definition) is 4. The van der Waals surface area contributed by atoms with Gasteiger partial charge < -0.3 is 5.32 Å². The summed E-state index contributed by atoms with van der Waals surface area (Å²) in [5.41, 5.74) is 3.87. The zero-order valence-electron chi connectivity index (χ0n) is 14.0. The third kappa shape index (κ3) is 3.93. The van der Waals surface area contributed by atoms with Crippen LogP contribution in [-0.2, 0) is 17.8 Å². The van der Waals surface area contributed by atoms with Gasteiger partial charge in [-0.05, 0) is 47.0 Å². The maximum atomic E-state index is 12.5. The quantitative estimate of drug-likeness (QED) is 0.710. The van der Waals surface area contributed by atoms with Gasteiger partial charge in [-0.15, -0.1) is 5.10 Å². The van der Waals surface area contributed by atoms with Crippen LogP contribution in [0.1, 0.15) is 18.1 Å². The smallest absolute Gasteiger partial charge is 0.246 e. The van der Waals surface area contributed by atoms with Crippen molar-refractivity contribution in [2.45, 2.75) is 26.8 Å². The van der Waals surface area contributed by atoms with E-state index in [1.807, 2.05) is 49.4 Å². The minimum absolute atomic E-state index is 0.0515. The van der Waals surface area contributed by atoms with Crippen LogP contribution < -0.4 is 5.32 Å². The fraction of sp³-hybridized carbons (Fsp3) is 0.222. The summed E-state index contributed by atoms with van der Waals surface area (Å²) in [7, 11) is 0. The van der Waals surface area contributed by atoms with E-state index in [1.165, 1.54) is 4.68 Å². The number of aromatic nitrogens is 4. The van der Waals surface area contributed by atoms with E-state index in [2.05, 4.69) is 43.7 Å². The van der Waals surface area contributed by atoms with E-state index in [0.29, 0.717) is 5.82 Å². The Morgan fingerprint density at radius 2 is 1.96 bits per heavy atom. The number of aryl methyl sites for hydroxylation is 2. The number of carbonyl (C=O) groups is 1. The number of nitrogens with zero attached hydrogens (tertiary/aromatic N) is 4. The first-order valence-electron chi connectivity index (χ1n) is 7.99. The maximum Gasteiger partial charge on any atom is 0.246 e. The van der Waals surface area contributed by atoms with Gasteiger partial charge in [-0.3, -0.25) is 4.79 Å². The van der Waals surface area contributed by atoms with Crippen LogP contribution in [0.25, 0.3) is 11.4 Å². The monoisotopic (exact) mass is 399 g/mol. The lowest BCUT2D eigenvalue weighted by atomic mass is 10.1. The molecular formula is C18H18BrN5O. The molecule has 3 aromatic rings. The molecule has 0 aliphatic carbocycles. The summed E-state index contributed by atoms with van der Waals surface area (Å²) in [6.45, 7) is 4.10. The van der Waals surface area contributed by atoms with Crippen LogP contribution in [0.5, 0.6) is 0 Å². The molecule has 0 unspecified atom stereocenters. The Morgan fingerprint density at radius 3 is 2.68 bits per heavy atom. The molecule has 1 amide bonds. The Hall–Kier alpha value is -2.54. The number of benzene rings is 2. The van der Waals surface area contributed by atoms with Crippen LogP contribution in [-0.4, -0.2) is 26.1 Å². The summed E-state index contributed by atoms with van der Waals surface area (Å²) in [5, 5.41) is 14.7. The first-order valence-corrected chi connectivity index (χ1v) is 8.78. The molecule has 3 rings (SSSR count). The minimum atomic E-state index is -0.158. The van der Waals surface area contributed by atoms with E-state index < -0.39 is 0 Å². The topological polar surface area (TPSA) is 72.7 Å². The highest BCUT2D eigenvalue weighted by atomic mass is 79.9. The van der Waals surface area contributed by atoms with Crippen molar-refractivity contribution in [1.29, 1.82) is 0 Å². The van der Waals surface area contributed by atoms with Crippen molar-refractivity contribution in [1.82, 2.24) is 20.2 Å². The second-order valence-electron chi connectivity index (χ2n) is 5.68. The van der Waals surface area contributed by atoms with Gasteiger partial charge >= 0.3 is 0 Å². The summed E-state index contributed by atoms with van der Waals surface area (Å²) in [6.07, 6.45) is 0.853. The van der Waals surface area contributed by atoms with Crippen molar-refractivity contribution in [3.05, 3.63) is 58.1 Å². The predicted molar refractivity (Wildman–Crippen MR) is 100 cm³/mol. The van der Waals surface area contributed by atoms with Crippen molar-refractivity contribution in [2.24, 2.45) is 0 Å². The fourth-order valence-corrected chi connectivity index (χ4v) is 2.90. The van der Waals surface area contributed by atoms with Crippen LogP contribution >= 0.6 is 15.9 Å². The molecule has 1 aromatic heterocycles. The second-order valence-corrected chi connectivity index (χ2v) is 6.59. The number of tetrazole rings is 1. The summed E-state index contributed by atoms with van der Waals surface area (Å²) >= 11 is 3.40. The summed E-state index contributed by atoms with van der Waals surface area (Å²) in [5.74, 6) is 0.401. The molecule has 0 atom stereocenters. The normalized spacial score (nSPS) is 10.7. The first kappa shape index (κ1) is 17.3. The van der Waals surface area contributed by atoms with Crippen molar-refractivity contribution in [3.8, 4) is 11.4 Å². The van der Waals surface area contributed by atoms with Crippen molar-refractivity contribution < 1.29 is 4.79 Å². The Bertz CT molecular complexity index is 889. The van der Waals surface area contributed by atoms with Crippen LogP contribution in [0, 0.1) is 6.92 Å². The van der Waals surface area contributed by atoms with Crippen molar-refractivity contribution >= 4 is 27.5 Å². The lowest BCUT2D eigenvalue weighted by Gasteiger charge is -2.13. The van der Waals surface area contributed by atoms with E-state index in [9.17, 15) is 4.79 Å². The lowest BCUT2D eigenvalue weighted by Crippen LogP contribution is -2.21. The third-order valence-corrected chi connectivity index (χ3v) is 4.46. The van der Waals surface area contributed by atoms with Gasteiger partial charge in [0, 0.05) is 15.7 Å². The minimum Gasteiger partial charge on any atom is -0.324 e. The summed E-state index contributed by atoms with van der Waals surface area (Å²) < 4.78 is 2.47. The SMILES string of the molecule is CCc1cccc(C)c1NC(=O)Cn1nnnc1-c1ccc(Br)cc1. The Morgan fingerprint density at radius 1 is 1.20 bits per heavy atom. The van der Waals surface area contributed by atoms with Gasteiger partial charge in [0.2, 0.25) is 5.91 Å². The highest BCUT2D eigenvalue weighted by Crippen LogP contribution is 2.22. The molecule has 0 aliphatic heterocycles. The third-order valence-electron chi connectivity index (χ3n) is 3.93. The van der Waals surface area contributed by atoms with E-state index in [4.69, 9.17) is 0 Å². The highest BCUT2D eigenvalue weighted by Gasteiger charge is 2.14. The zero-order valence-corrected chi connectivity index (χ0v) is 15.6. The molecule has 6 nitrogen and oxygen atoms in total. The van der Waals surface area contributed by atoms with Crippen molar-refractivity contribution in [2.75, 3.05) is 5.32 Å². The highest BCUT2D eigenvalue weighted by molar-refractivity contribution is 9.10. The molecule has 0 spiro atoms. The Balaban J connectivity index is 1.79. The van der Waals surface area contributed by atoms with Gasteiger partial charge in [0.1, 0.15) is 6.54 Å². The molecule has 0 aliphatic rings. The van der Waals surface area contributed by atoms with Gasteiger partial charge in [0.25, 0.3) is 0 Å². The molecule has 0 saturated heterocycles. The van der Waals surface area contributed by atoms with Crippen LogP contribution in [0.3, 0.4) is 0 Å². The molecule has 0 radical (unpaired) electrons. The van der Waals surface area contributed by atoms with Crippen molar-refractivity contribution in [3.63, 3.8) is 0 Å². The first-order chi connectivity index (χ1) is 12.1. The summed E-state index contributed by atoms with van der Waals surface area (Å²) in [6, 6.07) is 13.6. The van der Waals surface area contributed by atoms with Gasteiger partial charge in [-0.25, -0.2) is 4.68 Å². The molecule has 7 heteroatoms. The van der Waals surface area contributed by atoms with Crippen LogP contribution in [0.4, 0.5) is 5.69 Å².